The van der Waals surface area contributed by atoms with Crippen molar-refractivity contribution in [3.05, 3.63) is 54.9 Å². The second kappa shape index (κ2) is 11.3. The standard InChI is InChI=1S/C19H23N3O6/c1-5-10-20-16(23)12(3)27-18(25)14-8-7-9-15(22-14)19(26)28-13(4)17(24)21-11-6-2/h5-9,12-13H,1-2,10-11H2,3-4H3,(H,20,23)(H,21,24)/t12-,13-/m1/s1. The lowest BCUT2D eigenvalue weighted by atomic mass is 10.3. The zero-order valence-electron chi connectivity index (χ0n) is 15.8. The number of aromatic nitrogens is 1. The Morgan fingerprint density at radius 3 is 1.68 bits per heavy atom. The lowest BCUT2D eigenvalue weighted by molar-refractivity contribution is -0.129. The van der Waals surface area contributed by atoms with Crippen molar-refractivity contribution in [3.8, 4) is 0 Å². The van der Waals surface area contributed by atoms with E-state index in [1.165, 1.54) is 44.2 Å². The van der Waals surface area contributed by atoms with E-state index in [9.17, 15) is 19.2 Å². The minimum absolute atomic E-state index is 0.179. The Morgan fingerprint density at radius 2 is 1.32 bits per heavy atom. The third-order valence-corrected chi connectivity index (χ3v) is 3.31. The average molecular weight is 389 g/mol. The fraction of sp³-hybridized carbons (Fsp3) is 0.316. The fourth-order valence-electron chi connectivity index (χ4n) is 1.84. The van der Waals surface area contributed by atoms with Crippen LogP contribution in [0, 0.1) is 0 Å². The molecular formula is C19H23N3O6. The number of esters is 2. The molecule has 0 bridgehead atoms. The number of nitrogens with one attached hydrogen (secondary N) is 2. The predicted octanol–water partition coefficient (Wildman–Crippen LogP) is 0.777. The number of ether oxygens (including phenoxy) is 2. The Kier molecular flexibility index (Phi) is 9.08. The van der Waals surface area contributed by atoms with Gasteiger partial charge in [-0.15, -0.1) is 13.2 Å². The van der Waals surface area contributed by atoms with Crippen LogP contribution < -0.4 is 10.6 Å². The number of rotatable bonds is 10. The molecule has 2 N–H and O–H groups in total. The normalized spacial score (nSPS) is 12.1. The molecule has 150 valence electrons. The van der Waals surface area contributed by atoms with Crippen LogP contribution in [0.2, 0.25) is 0 Å². The third-order valence-electron chi connectivity index (χ3n) is 3.31. The topological polar surface area (TPSA) is 124 Å². The number of carbonyl (C=O) groups is 4. The monoisotopic (exact) mass is 389 g/mol. The molecule has 0 unspecified atom stereocenters. The molecule has 1 rings (SSSR count). The summed E-state index contributed by atoms with van der Waals surface area (Å²) in [4.78, 5) is 51.6. The van der Waals surface area contributed by atoms with Gasteiger partial charge >= 0.3 is 11.9 Å². The molecule has 1 aromatic rings. The minimum atomic E-state index is -1.06. The largest absolute Gasteiger partial charge is 0.448 e. The van der Waals surface area contributed by atoms with Gasteiger partial charge in [-0.2, -0.15) is 0 Å². The summed E-state index contributed by atoms with van der Waals surface area (Å²) in [5, 5.41) is 4.98. The van der Waals surface area contributed by atoms with Gasteiger partial charge in [0.25, 0.3) is 11.8 Å². The maximum atomic E-state index is 12.1. The van der Waals surface area contributed by atoms with Crippen LogP contribution in [-0.2, 0) is 19.1 Å². The molecule has 0 fully saturated rings. The van der Waals surface area contributed by atoms with E-state index in [2.05, 4.69) is 28.8 Å². The van der Waals surface area contributed by atoms with Crippen LogP contribution in [0.3, 0.4) is 0 Å². The van der Waals surface area contributed by atoms with Gasteiger partial charge in [-0.1, -0.05) is 18.2 Å². The highest BCUT2D eigenvalue weighted by Crippen LogP contribution is 2.07. The highest BCUT2D eigenvalue weighted by molar-refractivity contribution is 5.94. The zero-order chi connectivity index (χ0) is 21.1. The Hall–Kier alpha value is -3.49. The zero-order valence-corrected chi connectivity index (χ0v) is 15.8. The van der Waals surface area contributed by atoms with Crippen LogP contribution in [0.15, 0.2) is 43.5 Å². The maximum absolute atomic E-state index is 12.1. The second-order valence-electron chi connectivity index (χ2n) is 5.57. The molecule has 9 nitrogen and oxygen atoms in total. The predicted molar refractivity (Wildman–Crippen MR) is 100 cm³/mol. The molecule has 0 saturated heterocycles. The highest BCUT2D eigenvalue weighted by atomic mass is 16.6. The highest BCUT2D eigenvalue weighted by Gasteiger charge is 2.22. The molecule has 0 aromatic carbocycles. The molecule has 0 aliphatic rings. The van der Waals surface area contributed by atoms with Gasteiger partial charge in [0.05, 0.1) is 0 Å². The Labute approximate surface area is 162 Å². The van der Waals surface area contributed by atoms with E-state index < -0.39 is 36.0 Å². The molecule has 0 aliphatic heterocycles. The Morgan fingerprint density at radius 1 is 0.929 bits per heavy atom. The van der Waals surface area contributed by atoms with Crippen LogP contribution in [0.25, 0.3) is 0 Å². The van der Waals surface area contributed by atoms with E-state index in [1.54, 1.807) is 0 Å². The van der Waals surface area contributed by atoms with Crippen molar-refractivity contribution in [2.24, 2.45) is 0 Å². The first-order valence-corrected chi connectivity index (χ1v) is 8.46. The summed E-state index contributed by atoms with van der Waals surface area (Å²) >= 11 is 0. The number of hydrogen-bond acceptors (Lipinski definition) is 7. The van der Waals surface area contributed by atoms with E-state index in [4.69, 9.17) is 9.47 Å². The molecule has 0 aliphatic carbocycles. The first-order valence-electron chi connectivity index (χ1n) is 8.46. The van der Waals surface area contributed by atoms with Crippen LogP contribution >= 0.6 is 0 Å². The molecule has 0 spiro atoms. The van der Waals surface area contributed by atoms with Gasteiger partial charge in [-0.3, -0.25) is 9.59 Å². The van der Waals surface area contributed by atoms with Crippen molar-refractivity contribution < 1.29 is 28.7 Å². The van der Waals surface area contributed by atoms with Gasteiger partial charge in [0.15, 0.2) is 12.2 Å². The SMILES string of the molecule is C=CCNC(=O)[C@@H](C)OC(=O)c1cccc(C(=O)O[C@H](C)C(=O)NCC=C)n1. The van der Waals surface area contributed by atoms with Crippen LogP contribution in [0.4, 0.5) is 0 Å². The summed E-state index contributed by atoms with van der Waals surface area (Å²) < 4.78 is 10.0. The van der Waals surface area contributed by atoms with E-state index in [0.29, 0.717) is 0 Å². The summed E-state index contributed by atoms with van der Waals surface area (Å²) in [7, 11) is 0. The summed E-state index contributed by atoms with van der Waals surface area (Å²) in [6, 6.07) is 4.06. The molecule has 9 heteroatoms. The summed E-state index contributed by atoms with van der Waals surface area (Å²) in [6.45, 7) is 10.2. The van der Waals surface area contributed by atoms with E-state index in [0.717, 1.165) is 0 Å². The summed E-state index contributed by atoms with van der Waals surface area (Å²) in [6.07, 6.45) is 0.862. The average Bonchev–Trinajstić information content (AvgIpc) is 2.69. The van der Waals surface area contributed by atoms with Crippen LogP contribution in [0.1, 0.15) is 34.8 Å². The molecule has 28 heavy (non-hydrogen) atoms. The molecule has 2 atom stereocenters. The smallest absolute Gasteiger partial charge is 0.357 e. The molecule has 0 radical (unpaired) electrons. The molecular weight excluding hydrogens is 366 g/mol. The number of carbonyl (C=O) groups excluding carboxylic acids is 4. The molecule has 2 amide bonds. The van der Waals surface area contributed by atoms with Crippen LogP contribution in [0.5, 0.6) is 0 Å². The van der Waals surface area contributed by atoms with Crippen molar-refractivity contribution in [2.45, 2.75) is 26.1 Å². The Bertz CT molecular complexity index is 703. The lowest BCUT2D eigenvalue weighted by Gasteiger charge is -2.14. The first kappa shape index (κ1) is 22.6. The van der Waals surface area contributed by atoms with Crippen molar-refractivity contribution >= 4 is 23.8 Å². The minimum Gasteiger partial charge on any atom is -0.448 e. The molecule has 0 saturated carbocycles. The maximum Gasteiger partial charge on any atom is 0.357 e. The van der Waals surface area contributed by atoms with Gasteiger partial charge < -0.3 is 20.1 Å². The quantitative estimate of drug-likeness (QED) is 0.447. The summed E-state index contributed by atoms with van der Waals surface area (Å²) in [5.41, 5.74) is -0.358. The third kappa shape index (κ3) is 7.02. The lowest BCUT2D eigenvalue weighted by Crippen LogP contribution is -2.36. The number of pyridine rings is 1. The number of amides is 2. The molecule has 1 heterocycles. The molecule has 1 aromatic heterocycles. The van der Waals surface area contributed by atoms with Gasteiger partial charge in [-0.05, 0) is 26.0 Å². The fourth-order valence-corrected chi connectivity index (χ4v) is 1.84. The second-order valence-corrected chi connectivity index (χ2v) is 5.57. The van der Waals surface area contributed by atoms with E-state index in [1.807, 2.05) is 0 Å². The van der Waals surface area contributed by atoms with Crippen molar-refractivity contribution in [2.75, 3.05) is 13.1 Å². The van der Waals surface area contributed by atoms with Crippen LogP contribution in [-0.4, -0.2) is 54.0 Å². The van der Waals surface area contributed by atoms with Gasteiger partial charge in [0, 0.05) is 13.1 Å². The van der Waals surface area contributed by atoms with Gasteiger partial charge in [0.1, 0.15) is 11.4 Å². The van der Waals surface area contributed by atoms with Crippen molar-refractivity contribution in [3.63, 3.8) is 0 Å². The number of nitrogens with zero attached hydrogens (tertiary/aromatic N) is 1. The van der Waals surface area contributed by atoms with E-state index in [-0.39, 0.29) is 24.5 Å². The summed E-state index contributed by atoms with van der Waals surface area (Å²) in [5.74, 6) is -2.76. The number of hydrogen-bond donors (Lipinski definition) is 2. The first-order chi connectivity index (χ1) is 13.3. The van der Waals surface area contributed by atoms with Gasteiger partial charge in [0.2, 0.25) is 0 Å². The van der Waals surface area contributed by atoms with Gasteiger partial charge in [-0.25, -0.2) is 14.6 Å². The van der Waals surface area contributed by atoms with Crippen molar-refractivity contribution in [1.82, 2.24) is 15.6 Å². The van der Waals surface area contributed by atoms with Crippen molar-refractivity contribution in [1.29, 1.82) is 0 Å². The van der Waals surface area contributed by atoms with E-state index >= 15 is 0 Å². The Balaban J connectivity index is 2.74.